The molecular formula is C12H24N2O3. The predicted octanol–water partition coefficient (Wildman–Crippen LogP) is 0.832. The quantitative estimate of drug-likeness (QED) is 0.679. The van der Waals surface area contributed by atoms with E-state index in [0.717, 1.165) is 0 Å². The second-order valence-electron chi connectivity index (χ2n) is 4.97. The van der Waals surface area contributed by atoms with Crippen LogP contribution in [0.1, 0.15) is 41.0 Å². The number of ether oxygens (including phenoxy) is 1. The maximum atomic E-state index is 11.7. The van der Waals surface area contributed by atoms with Crippen molar-refractivity contribution in [3.05, 3.63) is 0 Å². The Hall–Kier alpha value is -1.10. The molecule has 0 aliphatic carbocycles. The van der Waals surface area contributed by atoms with Crippen molar-refractivity contribution in [3.63, 3.8) is 0 Å². The Morgan fingerprint density at radius 3 is 2.35 bits per heavy atom. The highest BCUT2D eigenvalue weighted by Crippen LogP contribution is 1.99. The summed E-state index contributed by atoms with van der Waals surface area (Å²) in [5, 5.41) is 5.85. The first-order valence-electron chi connectivity index (χ1n) is 5.97. The van der Waals surface area contributed by atoms with Crippen molar-refractivity contribution in [2.45, 2.75) is 52.6 Å². The molecule has 1 amide bonds. The number of carbonyl (C=O) groups is 2. The molecule has 0 aromatic carbocycles. The Morgan fingerprint density at radius 2 is 1.88 bits per heavy atom. The Balaban J connectivity index is 3.82. The molecule has 0 heterocycles. The first kappa shape index (κ1) is 15.9. The van der Waals surface area contributed by atoms with Gasteiger partial charge in [-0.2, -0.15) is 0 Å². The Morgan fingerprint density at radius 1 is 1.29 bits per heavy atom. The standard InChI is InChI=1S/C12H24N2O3/c1-6-17-10(15)7-8-13-9(2)11(16)14-12(3,4)5/h9,13H,6-8H2,1-5H3,(H,14,16). The molecule has 5 nitrogen and oxygen atoms in total. The molecule has 0 aliphatic rings. The highest BCUT2D eigenvalue weighted by atomic mass is 16.5. The van der Waals surface area contributed by atoms with E-state index in [1.54, 1.807) is 13.8 Å². The van der Waals surface area contributed by atoms with E-state index in [1.807, 2.05) is 20.8 Å². The lowest BCUT2D eigenvalue weighted by atomic mass is 10.1. The first-order chi connectivity index (χ1) is 7.76. The van der Waals surface area contributed by atoms with Crippen LogP contribution in [0.4, 0.5) is 0 Å². The average Bonchev–Trinajstić information content (AvgIpc) is 2.15. The lowest BCUT2D eigenvalue weighted by molar-refractivity contribution is -0.143. The van der Waals surface area contributed by atoms with Crippen LogP contribution in [0, 0.1) is 0 Å². The lowest BCUT2D eigenvalue weighted by Crippen LogP contribution is -2.49. The van der Waals surface area contributed by atoms with Crippen molar-refractivity contribution in [2.75, 3.05) is 13.2 Å². The maximum absolute atomic E-state index is 11.7. The van der Waals surface area contributed by atoms with Gasteiger partial charge in [0, 0.05) is 12.1 Å². The molecule has 0 rings (SSSR count). The van der Waals surface area contributed by atoms with E-state index in [2.05, 4.69) is 10.6 Å². The summed E-state index contributed by atoms with van der Waals surface area (Å²) in [5.74, 6) is -0.315. The summed E-state index contributed by atoms with van der Waals surface area (Å²) in [7, 11) is 0. The molecule has 100 valence electrons. The molecule has 0 fully saturated rings. The zero-order valence-corrected chi connectivity index (χ0v) is 11.4. The third-order valence-electron chi connectivity index (χ3n) is 1.98. The van der Waals surface area contributed by atoms with Crippen LogP contribution >= 0.6 is 0 Å². The summed E-state index contributed by atoms with van der Waals surface area (Å²) in [6.07, 6.45) is 0.279. The van der Waals surface area contributed by atoms with E-state index in [9.17, 15) is 9.59 Å². The van der Waals surface area contributed by atoms with Crippen LogP contribution in [0.15, 0.2) is 0 Å². The van der Waals surface area contributed by atoms with Gasteiger partial charge in [0.2, 0.25) is 5.91 Å². The van der Waals surface area contributed by atoms with Gasteiger partial charge in [-0.25, -0.2) is 0 Å². The average molecular weight is 244 g/mol. The van der Waals surface area contributed by atoms with Gasteiger partial charge in [-0.05, 0) is 34.6 Å². The second-order valence-corrected chi connectivity index (χ2v) is 4.97. The van der Waals surface area contributed by atoms with Gasteiger partial charge in [0.05, 0.1) is 19.1 Å². The molecule has 0 aromatic rings. The van der Waals surface area contributed by atoms with Crippen molar-refractivity contribution in [1.82, 2.24) is 10.6 Å². The van der Waals surface area contributed by atoms with Crippen LogP contribution < -0.4 is 10.6 Å². The molecule has 0 saturated carbocycles. The van der Waals surface area contributed by atoms with Gasteiger partial charge < -0.3 is 15.4 Å². The summed E-state index contributed by atoms with van der Waals surface area (Å²) in [6, 6.07) is -0.316. The van der Waals surface area contributed by atoms with Crippen molar-refractivity contribution in [1.29, 1.82) is 0 Å². The van der Waals surface area contributed by atoms with E-state index in [1.165, 1.54) is 0 Å². The summed E-state index contributed by atoms with van der Waals surface area (Å²) in [5.41, 5.74) is -0.242. The monoisotopic (exact) mass is 244 g/mol. The molecule has 1 atom stereocenters. The fraction of sp³-hybridized carbons (Fsp3) is 0.833. The largest absolute Gasteiger partial charge is 0.466 e. The fourth-order valence-corrected chi connectivity index (χ4v) is 1.19. The van der Waals surface area contributed by atoms with Crippen LogP contribution in [-0.2, 0) is 14.3 Å². The normalized spacial score (nSPS) is 13.0. The summed E-state index contributed by atoms with van der Waals surface area (Å²) >= 11 is 0. The number of amides is 1. The number of hydrogen-bond donors (Lipinski definition) is 2. The summed E-state index contributed by atoms with van der Waals surface area (Å²) in [4.78, 5) is 22.7. The molecule has 0 spiro atoms. The van der Waals surface area contributed by atoms with Crippen LogP contribution in [-0.4, -0.2) is 36.6 Å². The Kier molecular flexibility index (Phi) is 6.80. The summed E-state index contributed by atoms with van der Waals surface area (Å²) in [6.45, 7) is 10.1. The molecule has 5 heteroatoms. The van der Waals surface area contributed by atoms with Gasteiger partial charge in [-0.1, -0.05) is 0 Å². The minimum absolute atomic E-state index is 0.0682. The van der Waals surface area contributed by atoms with E-state index < -0.39 is 0 Å². The van der Waals surface area contributed by atoms with Crippen molar-refractivity contribution >= 4 is 11.9 Å². The van der Waals surface area contributed by atoms with Crippen LogP contribution in [0.25, 0.3) is 0 Å². The predicted molar refractivity (Wildman–Crippen MR) is 66.6 cm³/mol. The number of esters is 1. The van der Waals surface area contributed by atoms with Crippen molar-refractivity contribution in [2.24, 2.45) is 0 Å². The smallest absolute Gasteiger partial charge is 0.307 e. The Bertz CT molecular complexity index is 259. The molecule has 0 bridgehead atoms. The van der Waals surface area contributed by atoms with E-state index in [0.29, 0.717) is 13.2 Å². The molecule has 0 aliphatic heterocycles. The number of carbonyl (C=O) groups excluding carboxylic acids is 2. The number of hydrogen-bond acceptors (Lipinski definition) is 4. The fourth-order valence-electron chi connectivity index (χ4n) is 1.19. The summed E-state index contributed by atoms with van der Waals surface area (Å²) < 4.78 is 4.79. The maximum Gasteiger partial charge on any atom is 0.307 e. The topological polar surface area (TPSA) is 67.4 Å². The lowest BCUT2D eigenvalue weighted by Gasteiger charge is -2.23. The zero-order valence-electron chi connectivity index (χ0n) is 11.4. The highest BCUT2D eigenvalue weighted by molar-refractivity contribution is 5.82. The molecule has 0 radical (unpaired) electrons. The van der Waals surface area contributed by atoms with Gasteiger partial charge in [0.15, 0.2) is 0 Å². The Labute approximate surface area is 103 Å². The van der Waals surface area contributed by atoms with Crippen LogP contribution in [0.5, 0.6) is 0 Å². The first-order valence-corrected chi connectivity index (χ1v) is 5.97. The molecular weight excluding hydrogens is 220 g/mol. The van der Waals surface area contributed by atoms with Gasteiger partial charge in [-0.3, -0.25) is 9.59 Å². The van der Waals surface area contributed by atoms with Gasteiger partial charge >= 0.3 is 5.97 Å². The SMILES string of the molecule is CCOC(=O)CCNC(C)C(=O)NC(C)(C)C. The van der Waals surface area contributed by atoms with Crippen molar-refractivity contribution in [3.8, 4) is 0 Å². The zero-order chi connectivity index (χ0) is 13.5. The molecule has 2 N–H and O–H groups in total. The number of nitrogens with one attached hydrogen (secondary N) is 2. The van der Waals surface area contributed by atoms with E-state index in [4.69, 9.17) is 4.74 Å². The van der Waals surface area contributed by atoms with E-state index >= 15 is 0 Å². The van der Waals surface area contributed by atoms with Gasteiger partial charge in [0.25, 0.3) is 0 Å². The molecule has 17 heavy (non-hydrogen) atoms. The highest BCUT2D eigenvalue weighted by Gasteiger charge is 2.18. The van der Waals surface area contributed by atoms with Gasteiger partial charge in [0.1, 0.15) is 0 Å². The van der Waals surface area contributed by atoms with Crippen LogP contribution in [0.3, 0.4) is 0 Å². The molecule has 0 saturated heterocycles. The second kappa shape index (κ2) is 7.27. The van der Waals surface area contributed by atoms with Crippen molar-refractivity contribution < 1.29 is 14.3 Å². The molecule has 1 unspecified atom stereocenters. The minimum atomic E-state index is -0.316. The minimum Gasteiger partial charge on any atom is -0.466 e. The van der Waals surface area contributed by atoms with Gasteiger partial charge in [-0.15, -0.1) is 0 Å². The van der Waals surface area contributed by atoms with E-state index in [-0.39, 0.29) is 29.9 Å². The number of rotatable bonds is 6. The third-order valence-corrected chi connectivity index (χ3v) is 1.98. The molecule has 0 aromatic heterocycles. The third kappa shape index (κ3) is 8.68. The van der Waals surface area contributed by atoms with Crippen LogP contribution in [0.2, 0.25) is 0 Å².